The number of carbonyl (C=O) groups is 2. The molecule has 0 spiro atoms. The van der Waals surface area contributed by atoms with Crippen LogP contribution in [0.5, 0.6) is 0 Å². The first-order valence-electron chi connectivity index (χ1n) is 5.35. The lowest BCUT2D eigenvalue weighted by molar-refractivity contribution is 0.00681. The van der Waals surface area contributed by atoms with Crippen LogP contribution in [0.4, 0.5) is 8.78 Å². The van der Waals surface area contributed by atoms with Gasteiger partial charge >= 0.3 is 5.97 Å². The van der Waals surface area contributed by atoms with Crippen LogP contribution >= 0.6 is 0 Å². The quantitative estimate of drug-likeness (QED) is 0.603. The fourth-order valence-corrected chi connectivity index (χ4v) is 1.36. The molecule has 0 saturated heterocycles. The van der Waals surface area contributed by atoms with Gasteiger partial charge in [-0.3, -0.25) is 4.79 Å². The van der Waals surface area contributed by atoms with Crippen LogP contribution in [-0.4, -0.2) is 17.4 Å². The Balaban J connectivity index is 3.15. The van der Waals surface area contributed by atoms with Crippen LogP contribution in [0.1, 0.15) is 48.4 Å². The van der Waals surface area contributed by atoms with Gasteiger partial charge in [0, 0.05) is 0 Å². The second kappa shape index (κ2) is 4.84. The molecule has 1 rings (SSSR count). The van der Waals surface area contributed by atoms with Gasteiger partial charge in [-0.1, -0.05) is 0 Å². The van der Waals surface area contributed by atoms with Crippen molar-refractivity contribution in [3.63, 3.8) is 0 Å². The number of ketones is 1. The average Bonchev–Trinajstić information content (AvgIpc) is 2.12. The second-order valence-electron chi connectivity index (χ2n) is 4.87. The molecular weight excluding hydrogens is 242 g/mol. The molecule has 0 heterocycles. The Morgan fingerprint density at radius 3 is 1.89 bits per heavy atom. The van der Waals surface area contributed by atoms with Crippen molar-refractivity contribution >= 4 is 11.8 Å². The van der Waals surface area contributed by atoms with Crippen LogP contribution in [0.15, 0.2) is 12.1 Å². The molecule has 5 heteroatoms. The Bertz CT molecular complexity index is 478. The molecule has 0 aromatic heterocycles. The number of benzene rings is 1. The van der Waals surface area contributed by atoms with Crippen LogP contribution in [0.2, 0.25) is 0 Å². The van der Waals surface area contributed by atoms with Crippen molar-refractivity contribution in [3.8, 4) is 0 Å². The van der Waals surface area contributed by atoms with Gasteiger partial charge in [-0.25, -0.2) is 13.6 Å². The number of hydrogen-bond donors (Lipinski definition) is 0. The minimum atomic E-state index is -1.07. The van der Waals surface area contributed by atoms with E-state index in [1.54, 1.807) is 20.8 Å². The zero-order valence-corrected chi connectivity index (χ0v) is 10.6. The maximum absolute atomic E-state index is 13.5. The lowest BCUT2D eigenvalue weighted by Gasteiger charge is -2.19. The van der Waals surface area contributed by atoms with E-state index in [0.29, 0.717) is 0 Å². The molecule has 1 aromatic rings. The zero-order valence-electron chi connectivity index (χ0n) is 10.6. The predicted molar refractivity (Wildman–Crippen MR) is 61.5 cm³/mol. The van der Waals surface area contributed by atoms with Gasteiger partial charge in [0.25, 0.3) is 0 Å². The van der Waals surface area contributed by atoms with Gasteiger partial charge < -0.3 is 4.74 Å². The molecule has 18 heavy (non-hydrogen) atoms. The number of Topliss-reactive ketones (excluding diaryl/α,β-unsaturated/α-hetero) is 1. The van der Waals surface area contributed by atoms with Crippen molar-refractivity contribution in [2.45, 2.75) is 33.3 Å². The van der Waals surface area contributed by atoms with E-state index in [9.17, 15) is 18.4 Å². The van der Waals surface area contributed by atoms with Crippen molar-refractivity contribution in [2.75, 3.05) is 0 Å². The molecule has 0 radical (unpaired) electrons. The molecule has 0 atom stereocenters. The predicted octanol–water partition coefficient (Wildman–Crippen LogP) is 3.12. The fourth-order valence-electron chi connectivity index (χ4n) is 1.36. The molecule has 0 N–H and O–H groups in total. The highest BCUT2D eigenvalue weighted by molar-refractivity contribution is 5.96. The Hall–Kier alpha value is -1.78. The summed E-state index contributed by atoms with van der Waals surface area (Å²) in [5.41, 5.74) is -1.67. The highest BCUT2D eigenvalue weighted by atomic mass is 19.1. The van der Waals surface area contributed by atoms with E-state index in [1.165, 1.54) is 0 Å². The van der Waals surface area contributed by atoms with Gasteiger partial charge in [0.1, 0.15) is 17.2 Å². The minimum Gasteiger partial charge on any atom is -0.456 e. The summed E-state index contributed by atoms with van der Waals surface area (Å²) in [4.78, 5) is 22.6. The Morgan fingerprint density at radius 1 is 1.11 bits per heavy atom. The van der Waals surface area contributed by atoms with E-state index in [1.807, 2.05) is 0 Å². The normalized spacial score (nSPS) is 11.2. The van der Waals surface area contributed by atoms with E-state index in [0.717, 1.165) is 19.1 Å². The molecule has 0 aliphatic rings. The van der Waals surface area contributed by atoms with Crippen molar-refractivity contribution < 1.29 is 23.1 Å². The van der Waals surface area contributed by atoms with E-state index < -0.39 is 34.6 Å². The van der Waals surface area contributed by atoms with Crippen LogP contribution in [-0.2, 0) is 4.74 Å². The third-order valence-corrected chi connectivity index (χ3v) is 2.03. The zero-order chi connectivity index (χ0) is 14.1. The summed E-state index contributed by atoms with van der Waals surface area (Å²) >= 11 is 0. The van der Waals surface area contributed by atoms with Gasteiger partial charge in [-0.05, 0) is 39.8 Å². The van der Waals surface area contributed by atoms with E-state index in [2.05, 4.69) is 0 Å². The first kappa shape index (κ1) is 14.3. The Labute approximate surface area is 104 Å². The van der Waals surface area contributed by atoms with Crippen molar-refractivity contribution in [3.05, 3.63) is 34.9 Å². The molecule has 0 aliphatic carbocycles. The number of halogens is 2. The molecule has 0 fully saturated rings. The van der Waals surface area contributed by atoms with Gasteiger partial charge in [-0.2, -0.15) is 0 Å². The molecule has 0 bridgehead atoms. The third kappa shape index (κ3) is 3.35. The largest absolute Gasteiger partial charge is 0.456 e. The summed E-state index contributed by atoms with van der Waals surface area (Å²) < 4.78 is 31.9. The maximum atomic E-state index is 13.5. The second-order valence-corrected chi connectivity index (χ2v) is 4.87. The average molecular weight is 256 g/mol. The molecule has 0 saturated carbocycles. The maximum Gasteiger partial charge on any atom is 0.338 e. The molecule has 0 unspecified atom stereocenters. The molecular formula is C13H14F2O3. The standard InChI is InChI=1S/C13H14F2O3/c1-7(16)11-9(14)5-8(6-10(11)15)12(17)18-13(2,3)4/h5-6H,1-4H3. The third-order valence-electron chi connectivity index (χ3n) is 2.03. The van der Waals surface area contributed by atoms with Crippen molar-refractivity contribution in [1.29, 1.82) is 0 Å². The summed E-state index contributed by atoms with van der Waals surface area (Å²) in [7, 11) is 0. The Morgan fingerprint density at radius 2 is 1.56 bits per heavy atom. The highest BCUT2D eigenvalue weighted by Crippen LogP contribution is 2.18. The fraction of sp³-hybridized carbons (Fsp3) is 0.385. The van der Waals surface area contributed by atoms with Crippen LogP contribution in [0, 0.1) is 11.6 Å². The topological polar surface area (TPSA) is 43.4 Å². The first-order chi connectivity index (χ1) is 8.11. The lowest BCUT2D eigenvalue weighted by Crippen LogP contribution is -2.24. The van der Waals surface area contributed by atoms with Gasteiger partial charge in [-0.15, -0.1) is 0 Å². The number of rotatable bonds is 2. The number of carbonyl (C=O) groups excluding carboxylic acids is 2. The molecule has 98 valence electrons. The van der Waals surface area contributed by atoms with Crippen LogP contribution < -0.4 is 0 Å². The summed E-state index contributed by atoms with van der Waals surface area (Å²) in [6, 6.07) is 1.60. The van der Waals surface area contributed by atoms with Gasteiger partial charge in [0.2, 0.25) is 0 Å². The molecule has 3 nitrogen and oxygen atoms in total. The SMILES string of the molecule is CC(=O)c1c(F)cc(C(=O)OC(C)(C)C)cc1F. The van der Waals surface area contributed by atoms with Gasteiger partial charge in [0.15, 0.2) is 5.78 Å². The first-order valence-corrected chi connectivity index (χ1v) is 5.35. The smallest absolute Gasteiger partial charge is 0.338 e. The molecule has 0 amide bonds. The van der Waals surface area contributed by atoms with Crippen molar-refractivity contribution in [2.24, 2.45) is 0 Å². The van der Waals surface area contributed by atoms with E-state index in [4.69, 9.17) is 4.74 Å². The molecule has 0 aliphatic heterocycles. The number of esters is 1. The monoisotopic (exact) mass is 256 g/mol. The summed E-state index contributed by atoms with van der Waals surface area (Å²) in [5.74, 6) is -3.71. The summed E-state index contributed by atoms with van der Waals surface area (Å²) in [6.45, 7) is 5.97. The van der Waals surface area contributed by atoms with E-state index in [-0.39, 0.29) is 5.56 Å². The highest BCUT2D eigenvalue weighted by Gasteiger charge is 2.22. The van der Waals surface area contributed by atoms with Crippen LogP contribution in [0.25, 0.3) is 0 Å². The number of hydrogen-bond acceptors (Lipinski definition) is 3. The van der Waals surface area contributed by atoms with Crippen molar-refractivity contribution in [1.82, 2.24) is 0 Å². The summed E-state index contributed by atoms with van der Waals surface area (Å²) in [6.07, 6.45) is 0. The number of ether oxygens (including phenoxy) is 1. The van der Waals surface area contributed by atoms with Gasteiger partial charge in [0.05, 0.1) is 11.1 Å². The minimum absolute atomic E-state index is 0.259. The Kier molecular flexibility index (Phi) is 3.84. The summed E-state index contributed by atoms with van der Waals surface area (Å²) in [5, 5.41) is 0. The van der Waals surface area contributed by atoms with E-state index >= 15 is 0 Å². The molecule has 1 aromatic carbocycles. The lowest BCUT2D eigenvalue weighted by atomic mass is 10.1. The van der Waals surface area contributed by atoms with Crippen LogP contribution in [0.3, 0.4) is 0 Å².